The number of carbonyl (C=O) groups is 2. The Hall–Kier alpha value is -3.45. The number of nitrogens with zero attached hydrogens (tertiary/aromatic N) is 3. The van der Waals surface area contributed by atoms with Crippen LogP contribution in [0.2, 0.25) is 0 Å². The first-order valence-corrected chi connectivity index (χ1v) is 11.3. The van der Waals surface area contributed by atoms with Crippen LogP contribution in [0, 0.1) is 0 Å². The first-order chi connectivity index (χ1) is 16.0. The summed E-state index contributed by atoms with van der Waals surface area (Å²) >= 11 is 0. The van der Waals surface area contributed by atoms with Gasteiger partial charge in [-0.2, -0.15) is 0 Å². The molecule has 1 saturated heterocycles. The number of pyridine rings is 1. The zero-order valence-corrected chi connectivity index (χ0v) is 19.2. The number of rotatable bonds is 7. The Morgan fingerprint density at radius 2 is 1.88 bits per heavy atom. The Morgan fingerprint density at radius 3 is 2.64 bits per heavy atom. The van der Waals surface area contributed by atoms with E-state index in [-0.39, 0.29) is 17.9 Å². The second kappa shape index (κ2) is 10.4. The molecule has 0 radical (unpaired) electrons. The van der Waals surface area contributed by atoms with Crippen molar-refractivity contribution in [1.82, 2.24) is 15.2 Å². The van der Waals surface area contributed by atoms with Gasteiger partial charge in [-0.15, -0.1) is 0 Å². The zero-order chi connectivity index (χ0) is 23.2. The molecular weight excluding hydrogens is 416 g/mol. The molecule has 4 rings (SSSR count). The molecule has 1 atom stereocenters. The fraction of sp³-hybridized carbons (Fsp3) is 0.346. The molecule has 2 heterocycles. The lowest BCUT2D eigenvalue weighted by Crippen LogP contribution is -2.54. The molecule has 0 spiro atoms. The fourth-order valence-corrected chi connectivity index (χ4v) is 4.34. The van der Waals surface area contributed by atoms with E-state index >= 15 is 0 Å². The number of amides is 1. The van der Waals surface area contributed by atoms with Gasteiger partial charge in [0.2, 0.25) is 5.91 Å². The molecule has 1 aliphatic rings. The number of carbonyl (C=O) groups excluding carboxylic acids is 2. The van der Waals surface area contributed by atoms with Crippen molar-refractivity contribution in [3.63, 3.8) is 0 Å². The molecule has 7 heteroatoms. The smallest absolute Gasteiger partial charge is 0.337 e. The highest BCUT2D eigenvalue weighted by Gasteiger charge is 2.25. The Labute approximate surface area is 194 Å². The number of fused-ring (bicyclic) bond motifs is 1. The molecule has 7 nitrogen and oxygen atoms in total. The predicted octanol–water partition coefficient (Wildman–Crippen LogP) is 2.89. The molecule has 1 fully saturated rings. The summed E-state index contributed by atoms with van der Waals surface area (Å²) in [6.07, 6.45) is 2.56. The molecule has 1 aliphatic heterocycles. The number of esters is 1. The number of aromatic nitrogens is 1. The van der Waals surface area contributed by atoms with E-state index in [2.05, 4.69) is 45.2 Å². The first-order valence-electron chi connectivity index (χ1n) is 11.3. The van der Waals surface area contributed by atoms with E-state index < -0.39 is 0 Å². The molecule has 3 aromatic rings. The summed E-state index contributed by atoms with van der Waals surface area (Å²) in [7, 11) is 1.38. The van der Waals surface area contributed by atoms with E-state index in [1.165, 1.54) is 7.11 Å². The highest BCUT2D eigenvalue weighted by molar-refractivity contribution is 5.89. The van der Waals surface area contributed by atoms with Gasteiger partial charge in [0.05, 0.1) is 24.7 Å². The summed E-state index contributed by atoms with van der Waals surface area (Å²) < 4.78 is 4.76. The Morgan fingerprint density at radius 1 is 1.09 bits per heavy atom. The molecule has 1 N–H and O–H groups in total. The van der Waals surface area contributed by atoms with Crippen molar-refractivity contribution in [2.75, 3.05) is 44.7 Å². The Bertz CT molecular complexity index is 1110. The van der Waals surface area contributed by atoms with Crippen LogP contribution in [-0.4, -0.2) is 67.6 Å². The minimum Gasteiger partial charge on any atom is -0.465 e. The van der Waals surface area contributed by atoms with E-state index in [0.717, 1.165) is 48.2 Å². The van der Waals surface area contributed by atoms with Crippen molar-refractivity contribution in [2.45, 2.75) is 19.4 Å². The van der Waals surface area contributed by atoms with Gasteiger partial charge in [-0.1, -0.05) is 24.3 Å². The van der Waals surface area contributed by atoms with Gasteiger partial charge in [-0.25, -0.2) is 4.79 Å². The number of piperazine rings is 1. The number of benzene rings is 2. The molecule has 0 saturated carbocycles. The highest BCUT2D eigenvalue weighted by Crippen LogP contribution is 2.20. The van der Waals surface area contributed by atoms with E-state index in [0.29, 0.717) is 18.7 Å². The van der Waals surface area contributed by atoms with Crippen LogP contribution in [-0.2, 0) is 16.0 Å². The number of para-hydroxylation sites is 1. The second-order valence-corrected chi connectivity index (χ2v) is 8.40. The molecule has 33 heavy (non-hydrogen) atoms. The minimum atomic E-state index is -0.331. The van der Waals surface area contributed by atoms with Gasteiger partial charge in [0, 0.05) is 49.5 Å². The summed E-state index contributed by atoms with van der Waals surface area (Å²) in [5, 5.41) is 4.18. The molecule has 1 amide bonds. The van der Waals surface area contributed by atoms with E-state index in [9.17, 15) is 9.59 Å². The van der Waals surface area contributed by atoms with Crippen LogP contribution < -0.4 is 10.2 Å². The van der Waals surface area contributed by atoms with Crippen LogP contribution in [0.3, 0.4) is 0 Å². The molecular formula is C26H30N4O3. The van der Waals surface area contributed by atoms with Crippen LogP contribution >= 0.6 is 0 Å². The monoisotopic (exact) mass is 446 g/mol. The predicted molar refractivity (Wildman–Crippen MR) is 129 cm³/mol. The van der Waals surface area contributed by atoms with Crippen molar-refractivity contribution in [3.8, 4) is 0 Å². The lowest BCUT2D eigenvalue weighted by molar-refractivity contribution is -0.122. The molecule has 1 aromatic heterocycles. The van der Waals surface area contributed by atoms with Crippen molar-refractivity contribution in [3.05, 3.63) is 71.9 Å². The van der Waals surface area contributed by atoms with Crippen molar-refractivity contribution >= 4 is 28.5 Å². The van der Waals surface area contributed by atoms with Crippen molar-refractivity contribution < 1.29 is 14.3 Å². The quantitative estimate of drug-likeness (QED) is 0.563. The lowest BCUT2D eigenvalue weighted by atomic mass is 10.1. The molecule has 2 aromatic carbocycles. The normalized spacial score (nSPS) is 16.5. The second-order valence-electron chi connectivity index (χ2n) is 8.40. The first kappa shape index (κ1) is 22.7. The molecule has 172 valence electrons. The number of hydrogen-bond donors (Lipinski definition) is 1. The number of nitrogens with one attached hydrogen (secondary N) is 1. The third-order valence-corrected chi connectivity index (χ3v) is 6.20. The molecule has 0 bridgehead atoms. The average molecular weight is 447 g/mol. The maximum atomic E-state index is 12.6. The third-order valence-electron chi connectivity index (χ3n) is 6.20. The topological polar surface area (TPSA) is 74.8 Å². The summed E-state index contributed by atoms with van der Waals surface area (Å²) in [4.78, 5) is 33.2. The summed E-state index contributed by atoms with van der Waals surface area (Å²) in [6.45, 7) is 5.59. The maximum Gasteiger partial charge on any atom is 0.337 e. The van der Waals surface area contributed by atoms with Crippen LogP contribution in [0.5, 0.6) is 0 Å². The van der Waals surface area contributed by atoms with E-state index in [1.807, 2.05) is 24.3 Å². The minimum absolute atomic E-state index is 0.0472. The maximum absolute atomic E-state index is 12.6. The average Bonchev–Trinajstić information content (AvgIpc) is 2.85. The standard InChI is InChI=1S/C26H30N4O3/c1-19-17-30(23-10-8-22(9-11-23)26(32)33-2)16-15-29(19)18-24(31)27-14-12-21-6-3-5-20-7-4-13-28-25(20)21/h3-11,13,19H,12,14-18H2,1-2H3,(H,27,31). The van der Waals surface area contributed by atoms with Crippen molar-refractivity contribution in [1.29, 1.82) is 0 Å². The summed E-state index contributed by atoms with van der Waals surface area (Å²) in [5.41, 5.74) is 3.76. The van der Waals surface area contributed by atoms with Gasteiger partial charge in [-0.3, -0.25) is 14.7 Å². The van der Waals surface area contributed by atoms with Crippen molar-refractivity contribution in [2.24, 2.45) is 0 Å². The summed E-state index contributed by atoms with van der Waals surface area (Å²) in [5.74, 6) is -0.284. The van der Waals surface area contributed by atoms with Crippen LogP contribution in [0.4, 0.5) is 5.69 Å². The summed E-state index contributed by atoms with van der Waals surface area (Å²) in [6, 6.07) is 17.9. The van der Waals surface area contributed by atoms with Gasteiger partial charge in [0.1, 0.15) is 0 Å². The van der Waals surface area contributed by atoms with Gasteiger partial charge >= 0.3 is 5.97 Å². The van der Waals surface area contributed by atoms with Gasteiger partial charge in [0.25, 0.3) is 0 Å². The van der Waals surface area contributed by atoms with Crippen LogP contribution in [0.25, 0.3) is 10.9 Å². The molecule has 0 aliphatic carbocycles. The highest BCUT2D eigenvalue weighted by atomic mass is 16.5. The Balaban J connectivity index is 1.25. The van der Waals surface area contributed by atoms with E-state index in [1.54, 1.807) is 18.3 Å². The van der Waals surface area contributed by atoms with E-state index in [4.69, 9.17) is 4.74 Å². The number of methoxy groups -OCH3 is 1. The zero-order valence-electron chi connectivity index (χ0n) is 19.2. The van der Waals surface area contributed by atoms with Gasteiger partial charge in [-0.05, 0) is 49.2 Å². The number of anilines is 1. The fourth-order valence-electron chi connectivity index (χ4n) is 4.34. The van der Waals surface area contributed by atoms with Gasteiger partial charge < -0.3 is 15.0 Å². The van der Waals surface area contributed by atoms with Crippen LogP contribution in [0.1, 0.15) is 22.8 Å². The van der Waals surface area contributed by atoms with Gasteiger partial charge in [0.15, 0.2) is 0 Å². The third kappa shape index (κ3) is 5.49. The largest absolute Gasteiger partial charge is 0.465 e. The number of ether oxygens (including phenoxy) is 1. The Kier molecular flexibility index (Phi) is 7.19. The van der Waals surface area contributed by atoms with Crippen LogP contribution in [0.15, 0.2) is 60.8 Å². The number of hydrogen-bond acceptors (Lipinski definition) is 6. The molecule has 1 unspecified atom stereocenters. The SMILES string of the molecule is COC(=O)c1ccc(N2CCN(CC(=O)NCCc3cccc4cccnc34)C(C)C2)cc1. The lowest BCUT2D eigenvalue weighted by Gasteiger charge is -2.40.